The third-order valence-electron chi connectivity index (χ3n) is 3.00. The zero-order valence-corrected chi connectivity index (χ0v) is 12.1. The van der Waals surface area contributed by atoms with E-state index in [1.54, 1.807) is 6.07 Å². The van der Waals surface area contributed by atoms with E-state index in [1.165, 1.54) is 18.2 Å². The van der Waals surface area contributed by atoms with Gasteiger partial charge in [0.2, 0.25) is 0 Å². The van der Waals surface area contributed by atoms with E-state index < -0.39 is 35.0 Å². The second-order valence-corrected chi connectivity index (χ2v) is 4.82. The van der Waals surface area contributed by atoms with Gasteiger partial charge in [-0.15, -0.1) is 0 Å². The number of halogens is 6. The summed E-state index contributed by atoms with van der Waals surface area (Å²) < 4.78 is 81.4. The van der Waals surface area contributed by atoms with Gasteiger partial charge in [0.25, 0.3) is 0 Å². The molecule has 0 radical (unpaired) electrons. The Morgan fingerprint density at radius 2 is 1.48 bits per heavy atom. The summed E-state index contributed by atoms with van der Waals surface area (Å²) in [5.41, 5.74) is -4.06. The van der Waals surface area contributed by atoms with E-state index in [1.807, 2.05) is 0 Å². The highest BCUT2D eigenvalue weighted by Crippen LogP contribution is 2.36. The van der Waals surface area contributed by atoms with E-state index in [9.17, 15) is 31.1 Å². The minimum Gasteiger partial charge on any atom is -0.423 e. The first-order valence-corrected chi connectivity index (χ1v) is 6.52. The Morgan fingerprint density at radius 3 is 1.96 bits per heavy atom. The molecule has 0 heterocycles. The number of ether oxygens (including phenoxy) is 1. The van der Waals surface area contributed by atoms with Gasteiger partial charge < -0.3 is 4.74 Å². The molecule has 0 N–H and O–H groups in total. The van der Waals surface area contributed by atoms with Gasteiger partial charge in [-0.25, -0.2) is 4.79 Å². The maximum absolute atomic E-state index is 12.8. The maximum Gasteiger partial charge on any atom is 0.416 e. The molecule has 0 saturated carbocycles. The fourth-order valence-electron chi connectivity index (χ4n) is 1.87. The third-order valence-corrected chi connectivity index (χ3v) is 3.00. The molecule has 0 unspecified atom stereocenters. The predicted molar refractivity (Wildman–Crippen MR) is 72.6 cm³/mol. The zero-order valence-electron chi connectivity index (χ0n) is 12.1. The molecule has 3 nitrogen and oxygen atoms in total. The Labute approximate surface area is 137 Å². The minimum absolute atomic E-state index is 0.0902. The fraction of sp³-hybridized carbons (Fsp3) is 0.125. The van der Waals surface area contributed by atoms with E-state index in [4.69, 9.17) is 10.00 Å². The Bertz CT molecular complexity index is 817. The van der Waals surface area contributed by atoms with Crippen LogP contribution in [0.25, 0.3) is 0 Å². The van der Waals surface area contributed by atoms with Crippen molar-refractivity contribution in [2.45, 2.75) is 12.4 Å². The number of carbonyl (C=O) groups excluding carboxylic acids is 1. The van der Waals surface area contributed by atoms with Crippen LogP contribution in [0, 0.1) is 11.3 Å². The first kappa shape index (κ1) is 18.3. The van der Waals surface area contributed by atoms with Crippen molar-refractivity contribution in [3.63, 3.8) is 0 Å². The molecule has 0 atom stereocenters. The molecule has 0 spiro atoms. The van der Waals surface area contributed by atoms with Gasteiger partial charge in [0, 0.05) is 0 Å². The lowest BCUT2D eigenvalue weighted by Gasteiger charge is -2.13. The van der Waals surface area contributed by atoms with E-state index in [-0.39, 0.29) is 29.5 Å². The SMILES string of the molecule is N#Cc1cccc(OC(=O)c2cc(C(F)(F)F)cc(C(F)(F)F)c2)c1. The molecule has 25 heavy (non-hydrogen) atoms. The number of benzene rings is 2. The number of alkyl halides is 6. The van der Waals surface area contributed by atoms with Crippen LogP contribution >= 0.6 is 0 Å². The summed E-state index contributed by atoms with van der Waals surface area (Å²) in [4.78, 5) is 11.9. The quantitative estimate of drug-likeness (QED) is 0.439. The number of carbonyl (C=O) groups is 1. The Kier molecular flexibility index (Phi) is 4.74. The standard InChI is InChI=1S/C16H7F6NO2/c17-15(18,19)11-5-10(6-12(7-11)16(20,21)22)14(24)25-13-3-1-2-9(4-13)8-23/h1-7H. The Morgan fingerprint density at radius 1 is 0.920 bits per heavy atom. The van der Waals surface area contributed by atoms with Crippen molar-refractivity contribution in [2.24, 2.45) is 0 Å². The number of hydrogen-bond acceptors (Lipinski definition) is 3. The third kappa shape index (κ3) is 4.50. The van der Waals surface area contributed by atoms with Crippen molar-refractivity contribution in [3.05, 3.63) is 64.7 Å². The lowest BCUT2D eigenvalue weighted by Crippen LogP contribution is -2.15. The van der Waals surface area contributed by atoms with Crippen molar-refractivity contribution in [3.8, 4) is 11.8 Å². The largest absolute Gasteiger partial charge is 0.423 e. The van der Waals surface area contributed by atoms with Crippen molar-refractivity contribution in [1.29, 1.82) is 5.26 Å². The lowest BCUT2D eigenvalue weighted by atomic mass is 10.0. The number of hydrogen-bond donors (Lipinski definition) is 0. The molecule has 0 aliphatic rings. The van der Waals surface area contributed by atoms with E-state index in [2.05, 4.69) is 0 Å². The van der Waals surface area contributed by atoms with E-state index >= 15 is 0 Å². The van der Waals surface area contributed by atoms with E-state index in [0.29, 0.717) is 0 Å². The molecular weight excluding hydrogens is 352 g/mol. The Hall–Kier alpha value is -3.02. The van der Waals surface area contributed by atoms with Crippen molar-refractivity contribution < 1.29 is 35.9 Å². The smallest absolute Gasteiger partial charge is 0.416 e. The van der Waals surface area contributed by atoms with Crippen molar-refractivity contribution in [2.75, 3.05) is 0 Å². The van der Waals surface area contributed by atoms with Crippen LogP contribution in [0.2, 0.25) is 0 Å². The molecule has 0 aliphatic carbocycles. The molecule has 0 saturated heterocycles. The molecule has 9 heteroatoms. The highest BCUT2D eigenvalue weighted by atomic mass is 19.4. The first-order valence-electron chi connectivity index (χ1n) is 6.52. The van der Waals surface area contributed by atoms with Gasteiger partial charge in [0.15, 0.2) is 0 Å². The second-order valence-electron chi connectivity index (χ2n) is 4.82. The van der Waals surface area contributed by atoms with Gasteiger partial charge in [0.05, 0.1) is 28.3 Å². The summed E-state index contributed by atoms with van der Waals surface area (Å²) in [6.45, 7) is 0. The number of esters is 1. The molecule has 2 rings (SSSR count). The summed E-state index contributed by atoms with van der Waals surface area (Å²) >= 11 is 0. The van der Waals surface area contributed by atoms with Gasteiger partial charge in [-0.05, 0) is 36.4 Å². The van der Waals surface area contributed by atoms with Crippen LogP contribution in [0.5, 0.6) is 5.75 Å². The van der Waals surface area contributed by atoms with E-state index in [0.717, 1.165) is 6.07 Å². The van der Waals surface area contributed by atoms with Gasteiger partial charge in [-0.3, -0.25) is 0 Å². The monoisotopic (exact) mass is 359 g/mol. The second kappa shape index (κ2) is 6.47. The fourth-order valence-corrected chi connectivity index (χ4v) is 1.87. The molecular formula is C16H7F6NO2. The topological polar surface area (TPSA) is 50.1 Å². The first-order chi connectivity index (χ1) is 11.5. The number of rotatable bonds is 2. The summed E-state index contributed by atoms with van der Waals surface area (Å²) in [7, 11) is 0. The minimum atomic E-state index is -5.07. The van der Waals surface area contributed by atoms with Gasteiger partial charge in [0.1, 0.15) is 5.75 Å². The zero-order chi connectivity index (χ0) is 18.8. The van der Waals surface area contributed by atoms with Crippen LogP contribution in [0.1, 0.15) is 27.0 Å². The summed E-state index contributed by atoms with van der Waals surface area (Å²) in [6.07, 6.45) is -10.1. The highest BCUT2D eigenvalue weighted by molar-refractivity contribution is 5.91. The molecule has 0 aliphatic heterocycles. The Balaban J connectivity index is 2.43. The number of nitriles is 1. The molecule has 0 bridgehead atoms. The molecule has 2 aromatic carbocycles. The summed E-state index contributed by atoms with van der Waals surface area (Å²) in [6, 6.07) is 7.27. The average Bonchev–Trinajstić information content (AvgIpc) is 2.53. The number of nitrogens with zero attached hydrogens (tertiary/aromatic N) is 1. The maximum atomic E-state index is 12.8. The average molecular weight is 359 g/mol. The van der Waals surface area contributed by atoms with Crippen LogP contribution < -0.4 is 4.74 Å². The normalized spacial score (nSPS) is 11.7. The summed E-state index contributed by atoms with van der Waals surface area (Å²) in [5.74, 6) is -1.60. The van der Waals surface area contributed by atoms with Crippen LogP contribution in [-0.4, -0.2) is 5.97 Å². The van der Waals surface area contributed by atoms with Crippen molar-refractivity contribution in [1.82, 2.24) is 0 Å². The molecule has 2 aromatic rings. The van der Waals surface area contributed by atoms with Gasteiger partial charge in [-0.1, -0.05) is 6.07 Å². The van der Waals surface area contributed by atoms with Crippen LogP contribution in [-0.2, 0) is 12.4 Å². The van der Waals surface area contributed by atoms with Gasteiger partial charge in [-0.2, -0.15) is 31.6 Å². The molecule has 0 fully saturated rings. The predicted octanol–water partition coefficient (Wildman–Crippen LogP) is 4.82. The van der Waals surface area contributed by atoms with Crippen LogP contribution in [0.15, 0.2) is 42.5 Å². The van der Waals surface area contributed by atoms with Crippen LogP contribution in [0.3, 0.4) is 0 Å². The highest BCUT2D eigenvalue weighted by Gasteiger charge is 2.37. The molecule has 0 aromatic heterocycles. The van der Waals surface area contributed by atoms with Crippen molar-refractivity contribution >= 4 is 5.97 Å². The van der Waals surface area contributed by atoms with Gasteiger partial charge >= 0.3 is 18.3 Å². The summed E-state index contributed by atoms with van der Waals surface area (Å²) in [5, 5.41) is 8.72. The van der Waals surface area contributed by atoms with Crippen LogP contribution in [0.4, 0.5) is 26.3 Å². The molecule has 0 amide bonds. The molecule has 130 valence electrons. The lowest BCUT2D eigenvalue weighted by molar-refractivity contribution is -0.143.